The molecule has 0 bridgehead atoms. The molecule has 0 aliphatic carbocycles. The highest BCUT2D eigenvalue weighted by Crippen LogP contribution is 2.23. The highest BCUT2D eigenvalue weighted by molar-refractivity contribution is 6.36. The average Bonchev–Trinajstić information content (AvgIpc) is 2.59. The van der Waals surface area contributed by atoms with Gasteiger partial charge < -0.3 is 5.11 Å². The Kier molecular flexibility index (Phi) is 5.45. The fourth-order valence-electron chi connectivity index (χ4n) is 1.78. The van der Waals surface area contributed by atoms with Crippen LogP contribution in [0.25, 0.3) is 0 Å². The van der Waals surface area contributed by atoms with Crippen LogP contribution in [-0.2, 0) is 4.79 Å². The number of aliphatic carboxylic acids is 1. The van der Waals surface area contributed by atoms with Gasteiger partial charge in [0.1, 0.15) is 5.71 Å². The van der Waals surface area contributed by atoms with Gasteiger partial charge in [0.15, 0.2) is 0 Å². The van der Waals surface area contributed by atoms with Crippen molar-refractivity contribution in [1.29, 1.82) is 0 Å². The highest BCUT2D eigenvalue weighted by atomic mass is 16.6. The van der Waals surface area contributed by atoms with Gasteiger partial charge in [0, 0.05) is 12.1 Å². The first-order valence-corrected chi connectivity index (χ1v) is 7.06. The van der Waals surface area contributed by atoms with Gasteiger partial charge in [0.25, 0.3) is 5.69 Å². The molecule has 8 heteroatoms. The Morgan fingerprint density at radius 3 is 1.88 bits per heavy atom. The number of benzene rings is 2. The lowest BCUT2D eigenvalue weighted by Gasteiger charge is -1.99. The summed E-state index contributed by atoms with van der Waals surface area (Å²) in [6.45, 7) is 1.72. The monoisotopic (exact) mass is 326 g/mol. The summed E-state index contributed by atoms with van der Waals surface area (Å²) in [4.78, 5) is 25.0. The maximum atomic E-state index is 10.9. The Balaban J connectivity index is 2.11. The smallest absolute Gasteiger partial charge is 0.350 e. The fraction of sp³-hybridized carbons (Fsp3) is 0.125. The van der Waals surface area contributed by atoms with E-state index >= 15 is 0 Å². The number of nitrogens with zero attached hydrogens (tertiary/aromatic N) is 4. The largest absolute Gasteiger partial charge is 0.477 e. The molecule has 2 rings (SSSR count). The molecule has 0 radical (unpaired) electrons. The molecule has 0 aromatic heterocycles. The van der Waals surface area contributed by atoms with E-state index in [1.807, 2.05) is 0 Å². The lowest BCUT2D eigenvalue weighted by Crippen LogP contribution is -2.10. The van der Waals surface area contributed by atoms with Gasteiger partial charge in [-0.15, -0.1) is 0 Å². The van der Waals surface area contributed by atoms with E-state index in [0.29, 0.717) is 23.5 Å². The number of carbonyl (C=O) groups is 1. The van der Waals surface area contributed by atoms with Gasteiger partial charge in [-0.3, -0.25) is 10.1 Å². The Morgan fingerprint density at radius 2 is 1.46 bits per heavy atom. The molecule has 0 saturated carbocycles. The Bertz CT molecular complexity index is 796. The number of hydrogen-bond acceptors (Lipinski definition) is 6. The first kappa shape index (κ1) is 16.9. The molecule has 122 valence electrons. The van der Waals surface area contributed by atoms with Crippen LogP contribution in [0.5, 0.6) is 0 Å². The molecule has 0 spiro atoms. The second kappa shape index (κ2) is 7.73. The van der Waals surface area contributed by atoms with E-state index in [2.05, 4.69) is 15.2 Å². The zero-order chi connectivity index (χ0) is 17.5. The number of hydrogen-bond donors (Lipinski definition) is 1. The summed E-state index contributed by atoms with van der Waals surface area (Å²) in [6.07, 6.45) is 0.330. The minimum atomic E-state index is -1.04. The van der Waals surface area contributed by atoms with Gasteiger partial charge in [-0.25, -0.2) is 9.79 Å². The number of rotatable bonds is 6. The van der Waals surface area contributed by atoms with Crippen molar-refractivity contribution in [2.75, 3.05) is 0 Å². The number of aliphatic imine (C=N–C) groups is 1. The topological polar surface area (TPSA) is 118 Å². The number of carboxylic acid groups (broad SMARTS) is 1. The van der Waals surface area contributed by atoms with Crippen LogP contribution in [0.2, 0.25) is 0 Å². The van der Waals surface area contributed by atoms with Crippen molar-refractivity contribution in [3.8, 4) is 0 Å². The molecule has 8 nitrogen and oxygen atoms in total. The summed E-state index contributed by atoms with van der Waals surface area (Å²) in [5.74, 6) is -1.04. The minimum absolute atomic E-state index is 0.0127. The molecule has 0 atom stereocenters. The number of nitro groups is 1. The summed E-state index contributed by atoms with van der Waals surface area (Å²) in [5.41, 5.74) is 1.63. The lowest BCUT2D eigenvalue weighted by molar-refractivity contribution is -0.384. The summed E-state index contributed by atoms with van der Waals surface area (Å²) in [7, 11) is 0. The van der Waals surface area contributed by atoms with Crippen molar-refractivity contribution >= 4 is 34.4 Å². The van der Waals surface area contributed by atoms with Crippen LogP contribution in [0, 0.1) is 10.1 Å². The lowest BCUT2D eigenvalue weighted by atomic mass is 10.2. The average molecular weight is 326 g/mol. The SMILES string of the molecule is CCC(=Nc1ccc(N=Nc2ccc([N+](=O)[O-])cc2)cc1)C(=O)O. The van der Waals surface area contributed by atoms with Gasteiger partial charge in [-0.05, 0) is 42.8 Å². The fourth-order valence-corrected chi connectivity index (χ4v) is 1.78. The molecule has 2 aromatic rings. The predicted octanol–water partition coefficient (Wildman–Crippen LogP) is 4.58. The summed E-state index contributed by atoms with van der Waals surface area (Å²) in [5, 5.41) is 27.5. The Labute approximate surface area is 137 Å². The third kappa shape index (κ3) is 4.54. The number of azo groups is 1. The van der Waals surface area contributed by atoms with E-state index in [0.717, 1.165) is 0 Å². The van der Waals surface area contributed by atoms with Crippen molar-refractivity contribution in [2.24, 2.45) is 15.2 Å². The van der Waals surface area contributed by atoms with Gasteiger partial charge in [0.05, 0.1) is 22.0 Å². The van der Waals surface area contributed by atoms with Gasteiger partial charge >= 0.3 is 5.97 Å². The van der Waals surface area contributed by atoms with Crippen LogP contribution < -0.4 is 0 Å². The van der Waals surface area contributed by atoms with Gasteiger partial charge in [0.2, 0.25) is 0 Å². The van der Waals surface area contributed by atoms with Crippen molar-refractivity contribution in [3.63, 3.8) is 0 Å². The van der Waals surface area contributed by atoms with E-state index in [1.54, 1.807) is 31.2 Å². The van der Waals surface area contributed by atoms with Crippen LogP contribution in [0.15, 0.2) is 63.8 Å². The number of carboxylic acids is 1. The molecule has 0 aliphatic heterocycles. The zero-order valence-corrected chi connectivity index (χ0v) is 12.8. The van der Waals surface area contributed by atoms with E-state index < -0.39 is 10.9 Å². The molecule has 0 fully saturated rings. The predicted molar refractivity (Wildman–Crippen MR) is 88.7 cm³/mol. The standard InChI is InChI=1S/C16H14N4O4/c1-2-15(16(21)22)17-11-3-5-12(6-4-11)18-19-13-7-9-14(10-8-13)20(23)24/h3-10H,2H2,1H3,(H,21,22). The minimum Gasteiger partial charge on any atom is -0.477 e. The molecule has 2 aromatic carbocycles. The third-order valence-electron chi connectivity index (χ3n) is 3.04. The summed E-state index contributed by atoms with van der Waals surface area (Å²) >= 11 is 0. The molecule has 0 heterocycles. The Hall–Kier alpha value is -3.42. The number of nitro benzene ring substituents is 1. The molecular weight excluding hydrogens is 312 g/mol. The van der Waals surface area contributed by atoms with Crippen LogP contribution in [0.3, 0.4) is 0 Å². The second-order valence-corrected chi connectivity index (χ2v) is 4.71. The van der Waals surface area contributed by atoms with E-state index in [9.17, 15) is 14.9 Å². The van der Waals surface area contributed by atoms with Crippen molar-refractivity contribution in [3.05, 3.63) is 58.6 Å². The molecule has 1 N–H and O–H groups in total. The van der Waals surface area contributed by atoms with Gasteiger partial charge in [-0.2, -0.15) is 10.2 Å². The quantitative estimate of drug-likeness (QED) is 0.362. The second-order valence-electron chi connectivity index (χ2n) is 4.71. The molecule has 0 aliphatic rings. The van der Waals surface area contributed by atoms with E-state index in [1.165, 1.54) is 24.3 Å². The van der Waals surface area contributed by atoms with Crippen LogP contribution in [0.4, 0.5) is 22.7 Å². The van der Waals surface area contributed by atoms with Crippen LogP contribution >= 0.6 is 0 Å². The first-order valence-electron chi connectivity index (χ1n) is 7.06. The summed E-state index contributed by atoms with van der Waals surface area (Å²) < 4.78 is 0. The molecule has 24 heavy (non-hydrogen) atoms. The van der Waals surface area contributed by atoms with Gasteiger partial charge in [-0.1, -0.05) is 6.92 Å². The van der Waals surface area contributed by atoms with Crippen molar-refractivity contribution in [2.45, 2.75) is 13.3 Å². The zero-order valence-electron chi connectivity index (χ0n) is 12.8. The van der Waals surface area contributed by atoms with E-state index in [-0.39, 0.29) is 11.4 Å². The maximum absolute atomic E-state index is 10.9. The van der Waals surface area contributed by atoms with Crippen molar-refractivity contribution in [1.82, 2.24) is 0 Å². The highest BCUT2D eigenvalue weighted by Gasteiger charge is 2.06. The van der Waals surface area contributed by atoms with E-state index in [4.69, 9.17) is 5.11 Å². The van der Waals surface area contributed by atoms with Crippen LogP contribution in [0.1, 0.15) is 13.3 Å². The van der Waals surface area contributed by atoms with Crippen LogP contribution in [-0.4, -0.2) is 21.7 Å². The molecule has 0 amide bonds. The first-order chi connectivity index (χ1) is 11.5. The molecule has 0 saturated heterocycles. The third-order valence-corrected chi connectivity index (χ3v) is 3.04. The summed E-state index contributed by atoms with van der Waals surface area (Å²) in [6, 6.07) is 12.3. The molecule has 0 unspecified atom stereocenters. The Morgan fingerprint density at radius 1 is 1.00 bits per heavy atom. The van der Waals surface area contributed by atoms with Crippen molar-refractivity contribution < 1.29 is 14.8 Å². The number of non-ortho nitro benzene ring substituents is 1. The molecular formula is C16H14N4O4. The normalized spacial score (nSPS) is 11.6. The maximum Gasteiger partial charge on any atom is 0.350 e.